The molecule has 0 aliphatic heterocycles. The lowest BCUT2D eigenvalue weighted by molar-refractivity contribution is 0.236. The lowest BCUT2D eigenvalue weighted by atomic mass is 10.2. The van der Waals surface area contributed by atoms with Gasteiger partial charge in [0.05, 0.1) is 10.6 Å². The van der Waals surface area contributed by atoms with Crippen LogP contribution in [0.3, 0.4) is 0 Å². The molecule has 1 unspecified atom stereocenters. The van der Waals surface area contributed by atoms with Gasteiger partial charge in [0.2, 0.25) is 0 Å². The summed E-state index contributed by atoms with van der Waals surface area (Å²) in [5.74, 6) is 0.643. The summed E-state index contributed by atoms with van der Waals surface area (Å²) >= 11 is 0. The second-order valence-corrected chi connectivity index (χ2v) is 7.62. The quantitative estimate of drug-likeness (QED) is 0.756. The van der Waals surface area contributed by atoms with Crippen LogP contribution < -0.4 is 10.6 Å². The first-order valence-electron chi connectivity index (χ1n) is 7.31. The van der Waals surface area contributed by atoms with E-state index in [0.29, 0.717) is 23.8 Å². The van der Waals surface area contributed by atoms with Gasteiger partial charge < -0.3 is 10.6 Å². The van der Waals surface area contributed by atoms with Gasteiger partial charge in [-0.05, 0) is 44.2 Å². The first-order chi connectivity index (χ1) is 9.99. The number of nitrogens with one attached hydrogen (secondary N) is 2. The summed E-state index contributed by atoms with van der Waals surface area (Å²) in [6.45, 7) is 2.35. The Bertz CT molecular complexity index is 568. The van der Waals surface area contributed by atoms with Crippen LogP contribution in [0.5, 0.6) is 0 Å². The normalized spacial score (nSPS) is 16.2. The van der Waals surface area contributed by atoms with Crippen LogP contribution >= 0.6 is 0 Å². The fourth-order valence-corrected chi connectivity index (χ4v) is 3.51. The molecule has 6 heteroatoms. The third-order valence-electron chi connectivity index (χ3n) is 3.67. The molecule has 1 aliphatic rings. The van der Waals surface area contributed by atoms with E-state index < -0.39 is 9.84 Å². The first kappa shape index (κ1) is 15.8. The van der Waals surface area contributed by atoms with Crippen LogP contribution in [0.1, 0.15) is 26.2 Å². The van der Waals surface area contributed by atoms with Crippen molar-refractivity contribution in [3.63, 3.8) is 0 Å². The van der Waals surface area contributed by atoms with Crippen molar-refractivity contribution in [2.24, 2.45) is 5.92 Å². The second-order valence-electron chi connectivity index (χ2n) is 5.51. The molecule has 0 aromatic heterocycles. The van der Waals surface area contributed by atoms with Crippen molar-refractivity contribution in [3.8, 4) is 0 Å². The Balaban J connectivity index is 1.68. The molecular formula is C15H22N2O3S. The monoisotopic (exact) mass is 310 g/mol. The Labute approximate surface area is 126 Å². The SMILES string of the molecule is CC(NC(=O)NCCCS(=O)(=O)c1ccccc1)C1CC1. The van der Waals surface area contributed by atoms with Crippen molar-refractivity contribution in [2.45, 2.75) is 37.1 Å². The molecule has 2 rings (SSSR count). The Morgan fingerprint density at radius 1 is 1.29 bits per heavy atom. The smallest absolute Gasteiger partial charge is 0.315 e. The van der Waals surface area contributed by atoms with Crippen LogP contribution in [0.15, 0.2) is 35.2 Å². The maximum atomic E-state index is 12.0. The van der Waals surface area contributed by atoms with E-state index in [-0.39, 0.29) is 17.8 Å². The van der Waals surface area contributed by atoms with Crippen molar-refractivity contribution in [3.05, 3.63) is 30.3 Å². The molecule has 0 bridgehead atoms. The van der Waals surface area contributed by atoms with Crippen LogP contribution in [-0.4, -0.2) is 32.8 Å². The van der Waals surface area contributed by atoms with Gasteiger partial charge in [0.25, 0.3) is 0 Å². The summed E-state index contributed by atoms with van der Waals surface area (Å²) < 4.78 is 24.0. The lowest BCUT2D eigenvalue weighted by Crippen LogP contribution is -2.42. The Hall–Kier alpha value is -1.56. The molecule has 1 aromatic carbocycles. The molecule has 0 spiro atoms. The number of hydrogen-bond acceptors (Lipinski definition) is 3. The van der Waals surface area contributed by atoms with Gasteiger partial charge in [-0.1, -0.05) is 18.2 Å². The van der Waals surface area contributed by atoms with Crippen LogP contribution in [-0.2, 0) is 9.84 Å². The predicted octanol–water partition coefficient (Wildman–Crippen LogP) is 1.95. The van der Waals surface area contributed by atoms with E-state index in [9.17, 15) is 13.2 Å². The number of amides is 2. The summed E-state index contributed by atoms with van der Waals surface area (Å²) in [6.07, 6.45) is 2.76. The highest BCUT2D eigenvalue weighted by molar-refractivity contribution is 7.91. The minimum atomic E-state index is -3.26. The van der Waals surface area contributed by atoms with Gasteiger partial charge in [-0.15, -0.1) is 0 Å². The molecule has 116 valence electrons. The van der Waals surface area contributed by atoms with Crippen LogP contribution in [0, 0.1) is 5.92 Å². The van der Waals surface area contributed by atoms with Gasteiger partial charge in [-0.3, -0.25) is 0 Å². The van der Waals surface area contributed by atoms with Gasteiger partial charge in [-0.2, -0.15) is 0 Å². The maximum absolute atomic E-state index is 12.0. The van der Waals surface area contributed by atoms with Gasteiger partial charge in [0.15, 0.2) is 9.84 Å². The highest BCUT2D eigenvalue weighted by atomic mass is 32.2. The molecule has 2 amide bonds. The van der Waals surface area contributed by atoms with E-state index in [1.54, 1.807) is 30.3 Å². The molecular weight excluding hydrogens is 288 g/mol. The van der Waals surface area contributed by atoms with E-state index in [2.05, 4.69) is 10.6 Å². The topological polar surface area (TPSA) is 75.3 Å². The van der Waals surface area contributed by atoms with Crippen LogP contribution in [0.4, 0.5) is 4.79 Å². The lowest BCUT2D eigenvalue weighted by Gasteiger charge is -2.13. The number of benzene rings is 1. The van der Waals surface area contributed by atoms with E-state index in [0.717, 1.165) is 0 Å². The maximum Gasteiger partial charge on any atom is 0.315 e. The fraction of sp³-hybridized carbons (Fsp3) is 0.533. The summed E-state index contributed by atoms with van der Waals surface area (Å²) in [5.41, 5.74) is 0. The summed E-state index contributed by atoms with van der Waals surface area (Å²) in [6, 6.07) is 8.35. The van der Waals surface area contributed by atoms with Crippen molar-refractivity contribution in [1.82, 2.24) is 10.6 Å². The number of urea groups is 1. The van der Waals surface area contributed by atoms with E-state index >= 15 is 0 Å². The van der Waals surface area contributed by atoms with Gasteiger partial charge >= 0.3 is 6.03 Å². The van der Waals surface area contributed by atoms with Crippen LogP contribution in [0.2, 0.25) is 0 Å². The molecule has 1 atom stereocenters. The highest BCUT2D eigenvalue weighted by Gasteiger charge is 2.28. The Morgan fingerprint density at radius 3 is 2.57 bits per heavy atom. The van der Waals surface area contributed by atoms with Crippen molar-refractivity contribution in [1.29, 1.82) is 0 Å². The first-order valence-corrected chi connectivity index (χ1v) is 8.96. The van der Waals surface area contributed by atoms with E-state index in [1.165, 1.54) is 12.8 Å². The molecule has 21 heavy (non-hydrogen) atoms. The average Bonchev–Trinajstić information content (AvgIpc) is 3.29. The van der Waals surface area contributed by atoms with Crippen molar-refractivity contribution >= 4 is 15.9 Å². The molecule has 0 radical (unpaired) electrons. The zero-order valence-electron chi connectivity index (χ0n) is 12.2. The fourth-order valence-electron chi connectivity index (χ4n) is 2.18. The number of carbonyl (C=O) groups excluding carboxylic acids is 1. The summed E-state index contributed by atoms with van der Waals surface area (Å²) in [4.78, 5) is 11.9. The standard InChI is InChI=1S/C15H22N2O3S/c1-12(13-8-9-13)17-15(18)16-10-5-11-21(19,20)14-6-3-2-4-7-14/h2-4,6-7,12-13H,5,8-11H2,1H3,(H2,16,17,18). The molecule has 1 aliphatic carbocycles. The molecule has 0 heterocycles. The minimum Gasteiger partial charge on any atom is -0.338 e. The van der Waals surface area contributed by atoms with Crippen LogP contribution in [0.25, 0.3) is 0 Å². The van der Waals surface area contributed by atoms with Gasteiger partial charge in [-0.25, -0.2) is 13.2 Å². The molecule has 0 saturated heterocycles. The predicted molar refractivity (Wildman–Crippen MR) is 81.8 cm³/mol. The van der Waals surface area contributed by atoms with Crippen molar-refractivity contribution < 1.29 is 13.2 Å². The largest absolute Gasteiger partial charge is 0.338 e. The number of rotatable bonds is 7. The summed E-state index contributed by atoms with van der Waals surface area (Å²) in [7, 11) is -3.26. The van der Waals surface area contributed by atoms with E-state index in [4.69, 9.17) is 0 Å². The zero-order chi connectivity index (χ0) is 15.3. The number of carbonyl (C=O) groups is 1. The van der Waals surface area contributed by atoms with E-state index in [1.807, 2.05) is 6.92 Å². The third kappa shape index (κ3) is 5.04. The number of sulfone groups is 1. The van der Waals surface area contributed by atoms with Crippen molar-refractivity contribution in [2.75, 3.05) is 12.3 Å². The molecule has 1 fully saturated rings. The van der Waals surface area contributed by atoms with Gasteiger partial charge in [0.1, 0.15) is 0 Å². The average molecular weight is 310 g/mol. The zero-order valence-corrected chi connectivity index (χ0v) is 13.0. The Kier molecular flexibility index (Phi) is 5.22. The molecule has 1 aromatic rings. The molecule has 1 saturated carbocycles. The number of hydrogen-bond donors (Lipinski definition) is 2. The van der Waals surface area contributed by atoms with Gasteiger partial charge in [0, 0.05) is 12.6 Å². The highest BCUT2D eigenvalue weighted by Crippen LogP contribution is 2.32. The summed E-state index contributed by atoms with van der Waals surface area (Å²) in [5, 5.41) is 5.58. The third-order valence-corrected chi connectivity index (χ3v) is 5.48. The Morgan fingerprint density at radius 2 is 1.95 bits per heavy atom. The minimum absolute atomic E-state index is 0.0372. The molecule has 5 nitrogen and oxygen atoms in total. The second kappa shape index (κ2) is 6.93. The molecule has 2 N–H and O–H groups in total.